The van der Waals surface area contributed by atoms with Gasteiger partial charge in [-0.3, -0.25) is 4.79 Å². The van der Waals surface area contributed by atoms with Crippen molar-refractivity contribution in [3.8, 4) is 5.75 Å². The van der Waals surface area contributed by atoms with E-state index in [4.69, 9.17) is 4.74 Å². The van der Waals surface area contributed by atoms with Crippen LogP contribution in [0.2, 0.25) is 0 Å². The van der Waals surface area contributed by atoms with Gasteiger partial charge in [0.05, 0.1) is 11.5 Å². The fraction of sp³-hybridized carbons (Fsp3) is 0.235. The standard InChI is InChI=1S/C17H18N2O4S/c1-18-24(21,22)15-4-2-3-12(9-15)11-19-17(20)14-5-6-16-13(10-14)7-8-23-16/h2-6,9-10,18H,7-8,11H2,1H3,(H,19,20). The second-order valence-electron chi connectivity index (χ2n) is 5.46. The van der Waals surface area contributed by atoms with E-state index in [1.807, 2.05) is 6.07 Å². The molecule has 1 heterocycles. The summed E-state index contributed by atoms with van der Waals surface area (Å²) in [6.45, 7) is 0.895. The van der Waals surface area contributed by atoms with Crippen LogP contribution in [0.25, 0.3) is 0 Å². The summed E-state index contributed by atoms with van der Waals surface area (Å²) in [4.78, 5) is 12.4. The lowest BCUT2D eigenvalue weighted by Gasteiger charge is -2.08. The topological polar surface area (TPSA) is 84.5 Å². The van der Waals surface area contributed by atoms with Gasteiger partial charge in [-0.2, -0.15) is 0 Å². The largest absolute Gasteiger partial charge is 0.493 e. The average molecular weight is 346 g/mol. The average Bonchev–Trinajstić information content (AvgIpc) is 3.07. The maximum absolute atomic E-state index is 12.3. The van der Waals surface area contributed by atoms with E-state index in [9.17, 15) is 13.2 Å². The van der Waals surface area contributed by atoms with E-state index < -0.39 is 10.0 Å². The Morgan fingerprint density at radius 1 is 1.21 bits per heavy atom. The number of hydrogen-bond donors (Lipinski definition) is 2. The SMILES string of the molecule is CNS(=O)(=O)c1cccc(CNC(=O)c2ccc3c(c2)CCO3)c1. The van der Waals surface area contributed by atoms with E-state index in [0.29, 0.717) is 17.7 Å². The van der Waals surface area contributed by atoms with Crippen LogP contribution < -0.4 is 14.8 Å². The third-order valence-electron chi connectivity index (χ3n) is 3.88. The molecule has 2 aromatic carbocycles. The molecule has 2 N–H and O–H groups in total. The lowest BCUT2D eigenvalue weighted by atomic mass is 10.1. The third kappa shape index (κ3) is 3.42. The Bertz CT molecular complexity index is 878. The lowest BCUT2D eigenvalue weighted by molar-refractivity contribution is 0.0951. The quantitative estimate of drug-likeness (QED) is 0.858. The fourth-order valence-electron chi connectivity index (χ4n) is 2.55. The van der Waals surface area contributed by atoms with Crippen molar-refractivity contribution in [3.63, 3.8) is 0 Å². The van der Waals surface area contributed by atoms with Crippen molar-refractivity contribution < 1.29 is 17.9 Å². The molecule has 126 valence electrons. The minimum absolute atomic E-state index is 0.173. The van der Waals surface area contributed by atoms with Gasteiger partial charge in [-0.1, -0.05) is 12.1 Å². The van der Waals surface area contributed by atoms with E-state index in [0.717, 1.165) is 17.7 Å². The first-order valence-electron chi connectivity index (χ1n) is 7.56. The van der Waals surface area contributed by atoms with Crippen LogP contribution in [0.3, 0.4) is 0 Å². The van der Waals surface area contributed by atoms with Crippen molar-refractivity contribution in [1.29, 1.82) is 0 Å². The predicted molar refractivity (Wildman–Crippen MR) is 89.5 cm³/mol. The van der Waals surface area contributed by atoms with Crippen molar-refractivity contribution in [2.45, 2.75) is 17.9 Å². The Morgan fingerprint density at radius 2 is 2.04 bits per heavy atom. The zero-order valence-corrected chi connectivity index (χ0v) is 14.0. The van der Waals surface area contributed by atoms with Crippen LogP contribution in [-0.2, 0) is 23.0 Å². The van der Waals surface area contributed by atoms with Gasteiger partial charge in [-0.25, -0.2) is 13.1 Å². The molecule has 0 bridgehead atoms. The minimum Gasteiger partial charge on any atom is -0.493 e. The molecule has 0 unspecified atom stereocenters. The minimum atomic E-state index is -3.49. The molecule has 1 amide bonds. The molecule has 0 fully saturated rings. The highest BCUT2D eigenvalue weighted by atomic mass is 32.2. The molecule has 7 heteroatoms. The highest BCUT2D eigenvalue weighted by Crippen LogP contribution is 2.25. The molecule has 24 heavy (non-hydrogen) atoms. The second-order valence-corrected chi connectivity index (χ2v) is 7.35. The summed E-state index contributed by atoms with van der Waals surface area (Å²) in [7, 11) is -2.13. The van der Waals surface area contributed by atoms with Gasteiger partial charge < -0.3 is 10.1 Å². The van der Waals surface area contributed by atoms with Crippen LogP contribution >= 0.6 is 0 Å². The van der Waals surface area contributed by atoms with Crippen LogP contribution in [0.1, 0.15) is 21.5 Å². The summed E-state index contributed by atoms with van der Waals surface area (Å²) >= 11 is 0. The van der Waals surface area contributed by atoms with E-state index in [2.05, 4.69) is 10.0 Å². The van der Waals surface area contributed by atoms with Crippen molar-refractivity contribution in [2.24, 2.45) is 0 Å². The molecule has 3 rings (SSSR count). The van der Waals surface area contributed by atoms with Crippen LogP contribution in [0.15, 0.2) is 47.4 Å². The Labute approximate surface area is 140 Å². The number of rotatable bonds is 5. The molecular formula is C17H18N2O4S. The smallest absolute Gasteiger partial charge is 0.251 e. The van der Waals surface area contributed by atoms with Crippen LogP contribution in [0, 0.1) is 0 Å². The maximum atomic E-state index is 12.3. The number of hydrogen-bond acceptors (Lipinski definition) is 4. The summed E-state index contributed by atoms with van der Waals surface area (Å²) < 4.78 is 31.3. The number of fused-ring (bicyclic) bond motifs is 1. The van der Waals surface area contributed by atoms with E-state index in [1.54, 1.807) is 30.3 Å². The maximum Gasteiger partial charge on any atom is 0.251 e. The lowest BCUT2D eigenvalue weighted by Crippen LogP contribution is -2.23. The highest BCUT2D eigenvalue weighted by molar-refractivity contribution is 7.89. The van der Waals surface area contributed by atoms with Crippen molar-refractivity contribution >= 4 is 15.9 Å². The molecule has 0 aliphatic carbocycles. The Hall–Kier alpha value is -2.38. The molecule has 0 saturated carbocycles. The van der Waals surface area contributed by atoms with Crippen LogP contribution in [0.4, 0.5) is 0 Å². The molecule has 0 saturated heterocycles. The molecule has 1 aliphatic heterocycles. The molecule has 2 aromatic rings. The monoisotopic (exact) mass is 346 g/mol. The van der Waals surface area contributed by atoms with Gasteiger partial charge in [0.2, 0.25) is 10.0 Å². The summed E-state index contributed by atoms with van der Waals surface area (Å²) in [6.07, 6.45) is 0.806. The number of amides is 1. The van der Waals surface area contributed by atoms with Gasteiger partial charge in [0, 0.05) is 18.5 Å². The molecule has 0 aromatic heterocycles. The van der Waals surface area contributed by atoms with E-state index in [1.165, 1.54) is 13.1 Å². The second kappa shape index (κ2) is 6.62. The van der Waals surface area contributed by atoms with Crippen LogP contribution in [0.5, 0.6) is 5.75 Å². The number of ether oxygens (including phenoxy) is 1. The molecule has 6 nitrogen and oxygen atoms in total. The van der Waals surface area contributed by atoms with Gasteiger partial charge in [0.15, 0.2) is 0 Å². The first kappa shape index (κ1) is 16.5. The van der Waals surface area contributed by atoms with Gasteiger partial charge >= 0.3 is 0 Å². The summed E-state index contributed by atoms with van der Waals surface area (Å²) in [5, 5.41) is 2.81. The fourth-order valence-corrected chi connectivity index (χ4v) is 3.35. The number of carbonyl (C=O) groups excluding carboxylic acids is 1. The zero-order chi connectivity index (χ0) is 17.2. The predicted octanol–water partition coefficient (Wildman–Crippen LogP) is 1.46. The van der Waals surface area contributed by atoms with Gasteiger partial charge in [0.25, 0.3) is 5.91 Å². The van der Waals surface area contributed by atoms with E-state index >= 15 is 0 Å². The number of sulfonamides is 1. The van der Waals surface area contributed by atoms with Crippen LogP contribution in [-0.4, -0.2) is 28.0 Å². The summed E-state index contributed by atoms with van der Waals surface area (Å²) in [5.41, 5.74) is 2.31. The molecule has 0 spiro atoms. The van der Waals surface area contributed by atoms with Crippen molar-refractivity contribution in [1.82, 2.24) is 10.0 Å². The zero-order valence-electron chi connectivity index (χ0n) is 13.2. The normalized spacial score (nSPS) is 13.2. The number of nitrogens with one attached hydrogen (secondary N) is 2. The Morgan fingerprint density at radius 3 is 2.83 bits per heavy atom. The van der Waals surface area contributed by atoms with Gasteiger partial charge in [-0.05, 0) is 48.5 Å². The van der Waals surface area contributed by atoms with E-state index in [-0.39, 0.29) is 17.3 Å². The molecule has 1 aliphatic rings. The third-order valence-corrected chi connectivity index (χ3v) is 5.29. The van der Waals surface area contributed by atoms with Gasteiger partial charge in [-0.15, -0.1) is 0 Å². The Kier molecular flexibility index (Phi) is 4.55. The Balaban J connectivity index is 1.70. The molecular weight excluding hydrogens is 328 g/mol. The summed E-state index contributed by atoms with van der Waals surface area (Å²) in [6, 6.07) is 11.8. The first-order valence-corrected chi connectivity index (χ1v) is 9.04. The number of carbonyl (C=O) groups is 1. The number of benzene rings is 2. The van der Waals surface area contributed by atoms with Crippen molar-refractivity contribution in [3.05, 3.63) is 59.2 Å². The summed E-state index contributed by atoms with van der Waals surface area (Å²) in [5.74, 6) is 0.628. The first-order chi connectivity index (χ1) is 11.5. The molecule has 0 atom stereocenters. The van der Waals surface area contributed by atoms with Gasteiger partial charge in [0.1, 0.15) is 5.75 Å². The van der Waals surface area contributed by atoms with Crippen molar-refractivity contribution in [2.75, 3.05) is 13.7 Å². The molecule has 0 radical (unpaired) electrons. The highest BCUT2D eigenvalue weighted by Gasteiger charge is 2.15.